The second kappa shape index (κ2) is 14.1. The van der Waals surface area contributed by atoms with Crippen molar-refractivity contribution in [1.29, 1.82) is 0 Å². The van der Waals surface area contributed by atoms with Crippen LogP contribution in [0.15, 0.2) is 146 Å². The number of hydrogen-bond donors (Lipinski definition) is 0. The van der Waals surface area contributed by atoms with Crippen LogP contribution in [0.4, 0.5) is 0 Å². The van der Waals surface area contributed by atoms with E-state index in [0.717, 1.165) is 0 Å². The molecular weight excluding hydrogens is 594 g/mol. The molecule has 1 aliphatic carbocycles. The van der Waals surface area contributed by atoms with E-state index in [0.29, 0.717) is 5.66 Å². The molecule has 0 radical (unpaired) electrons. The summed E-state index contributed by atoms with van der Waals surface area (Å²) in [4.78, 5) is 0. The molecule has 0 saturated carbocycles. The second-order valence-electron chi connectivity index (χ2n) is 7.71. The van der Waals surface area contributed by atoms with Gasteiger partial charge in [0.05, 0.1) is 0 Å². The van der Waals surface area contributed by atoms with E-state index in [1.807, 2.05) is 0 Å². The summed E-state index contributed by atoms with van der Waals surface area (Å²) in [5.41, 5.74) is 1.88. The molecule has 178 valence electrons. The fourth-order valence-corrected chi connectivity index (χ4v) is 9.86. The summed E-state index contributed by atoms with van der Waals surface area (Å²) in [7, 11) is 8.50. The summed E-state index contributed by atoms with van der Waals surface area (Å²) in [6, 6.07) is 44.2. The molecule has 0 bridgehead atoms. The van der Waals surface area contributed by atoms with Crippen LogP contribution in [0, 0.1) is 5.66 Å². The van der Waals surface area contributed by atoms with Gasteiger partial charge in [0, 0.05) is 0 Å². The summed E-state index contributed by atoms with van der Waals surface area (Å²) in [5.74, 6) is 0. The van der Waals surface area contributed by atoms with Crippen LogP contribution in [0.3, 0.4) is 0 Å². The average molecular weight is 619 g/mol. The van der Waals surface area contributed by atoms with Gasteiger partial charge in [-0.3, -0.25) is 0 Å². The van der Waals surface area contributed by atoms with Gasteiger partial charge in [-0.1, -0.05) is 129 Å². The van der Waals surface area contributed by atoms with Crippen molar-refractivity contribution < 1.29 is 15.1 Å². The number of benzene rings is 4. The second-order valence-corrected chi connectivity index (χ2v) is 14.9. The summed E-state index contributed by atoms with van der Waals surface area (Å²) in [5, 5.41) is 5.66. The zero-order chi connectivity index (χ0) is 24.3. The Kier molecular flexibility index (Phi) is 10.6. The molecule has 0 aliphatic heterocycles. The van der Waals surface area contributed by atoms with Gasteiger partial charge in [0.2, 0.25) is 0 Å². The molecule has 0 spiro atoms. The first-order valence-corrected chi connectivity index (χ1v) is 18.4. The molecular formula is C30H25Cl2P2Ru-. The first kappa shape index (κ1) is 26.4. The monoisotopic (exact) mass is 619 g/mol. The number of allylic oxidation sites excluding steroid dienone is 4. The Morgan fingerprint density at radius 1 is 0.543 bits per heavy atom. The van der Waals surface area contributed by atoms with Gasteiger partial charge in [0.15, 0.2) is 0 Å². The van der Waals surface area contributed by atoms with E-state index in [9.17, 15) is 0 Å². The Bertz CT molecular complexity index is 1030. The third-order valence-corrected chi connectivity index (χ3v) is 11.1. The standard InChI is InChI=1S/C30H25P2.2ClH.Ru/c1-5-15-25(16-6-1)31(26-17-7-2-8-18-26)29-23-13-14-24-30(29)32(27-19-9-3-10-20-27)28-21-11-4-12-22-28;;;/h1-24,29H;2*1H;/q-1;;;+2/p-2. The van der Waals surface area contributed by atoms with Crippen molar-refractivity contribution >= 4 is 56.4 Å². The Labute approximate surface area is 227 Å². The molecule has 1 aliphatic rings. The Balaban J connectivity index is 0.000000917. The fourth-order valence-electron chi connectivity index (χ4n) is 4.19. The molecule has 4 aromatic carbocycles. The van der Waals surface area contributed by atoms with Crippen LogP contribution in [-0.4, -0.2) is 5.66 Å². The van der Waals surface area contributed by atoms with Gasteiger partial charge < -0.3 is 0 Å². The SMILES string of the molecule is C1=C[C-](P(c2ccccc2)c2ccccc2)C(P(c2ccccc2)c2ccccc2)C=C1.[Cl][Ru][Cl]. The number of rotatable bonds is 6. The molecule has 0 nitrogen and oxygen atoms in total. The van der Waals surface area contributed by atoms with Gasteiger partial charge in [-0.2, -0.15) is 5.66 Å². The zero-order valence-corrected chi connectivity index (χ0v) is 24.0. The van der Waals surface area contributed by atoms with Gasteiger partial charge in [0.1, 0.15) is 0 Å². The maximum atomic E-state index is 4.85. The first-order chi connectivity index (χ1) is 17.3. The van der Waals surface area contributed by atoms with Crippen LogP contribution >= 0.6 is 35.2 Å². The Morgan fingerprint density at radius 2 is 0.914 bits per heavy atom. The van der Waals surface area contributed by atoms with Crippen molar-refractivity contribution in [3.8, 4) is 0 Å². The topological polar surface area (TPSA) is 0 Å². The Morgan fingerprint density at radius 3 is 1.31 bits per heavy atom. The predicted octanol–water partition coefficient (Wildman–Crippen LogP) is 7.66. The molecule has 0 fully saturated rings. The molecule has 5 rings (SSSR count). The minimum atomic E-state index is -0.627. The predicted molar refractivity (Wildman–Crippen MR) is 155 cm³/mol. The first-order valence-electron chi connectivity index (χ1n) is 11.2. The molecule has 35 heavy (non-hydrogen) atoms. The third-order valence-electron chi connectivity index (χ3n) is 5.61. The summed E-state index contributed by atoms with van der Waals surface area (Å²) in [6.45, 7) is 0. The van der Waals surface area contributed by atoms with E-state index in [-0.39, 0.29) is 15.1 Å². The maximum absolute atomic E-state index is 4.85. The molecule has 5 heteroatoms. The summed E-state index contributed by atoms with van der Waals surface area (Å²) in [6.07, 6.45) is 9.27. The molecule has 1 atom stereocenters. The van der Waals surface area contributed by atoms with Crippen molar-refractivity contribution in [2.45, 2.75) is 5.66 Å². The van der Waals surface area contributed by atoms with Crippen molar-refractivity contribution in [2.75, 3.05) is 0 Å². The van der Waals surface area contributed by atoms with Gasteiger partial charge in [-0.05, 0) is 26.9 Å². The minimum absolute atomic E-state index is 0.346. The normalized spacial score (nSPS) is 14.7. The van der Waals surface area contributed by atoms with Gasteiger partial charge in [-0.15, -0.1) is 20.1 Å². The van der Waals surface area contributed by atoms with Crippen molar-refractivity contribution in [1.82, 2.24) is 0 Å². The third kappa shape index (κ3) is 6.95. The van der Waals surface area contributed by atoms with Crippen LogP contribution in [0.1, 0.15) is 0 Å². The molecule has 0 N–H and O–H groups in total. The molecule has 0 aromatic heterocycles. The number of halogens is 2. The van der Waals surface area contributed by atoms with E-state index in [1.54, 1.807) is 0 Å². The molecule has 0 saturated heterocycles. The van der Waals surface area contributed by atoms with E-state index < -0.39 is 15.8 Å². The zero-order valence-electron chi connectivity index (χ0n) is 18.9. The van der Waals surface area contributed by atoms with Crippen LogP contribution in [-0.2, 0) is 15.1 Å². The van der Waals surface area contributed by atoms with Gasteiger partial charge in [-0.25, -0.2) is 12.2 Å². The fraction of sp³-hybridized carbons (Fsp3) is 0.0333. The van der Waals surface area contributed by atoms with Gasteiger partial charge >= 0.3 is 34.5 Å². The van der Waals surface area contributed by atoms with Crippen molar-refractivity contribution in [2.24, 2.45) is 0 Å². The van der Waals surface area contributed by atoms with Crippen LogP contribution in [0.5, 0.6) is 0 Å². The molecule has 4 aromatic rings. The molecule has 0 amide bonds. The van der Waals surface area contributed by atoms with E-state index in [1.165, 1.54) is 26.9 Å². The molecule has 1 unspecified atom stereocenters. The van der Waals surface area contributed by atoms with Crippen LogP contribution in [0.25, 0.3) is 0 Å². The Hall–Kier alpha value is -1.71. The van der Waals surface area contributed by atoms with Crippen molar-refractivity contribution in [3.63, 3.8) is 0 Å². The van der Waals surface area contributed by atoms with Gasteiger partial charge in [0.25, 0.3) is 0 Å². The van der Waals surface area contributed by atoms with E-state index >= 15 is 0 Å². The van der Waals surface area contributed by atoms with Crippen LogP contribution in [0.2, 0.25) is 0 Å². The van der Waals surface area contributed by atoms with Crippen molar-refractivity contribution in [3.05, 3.63) is 151 Å². The summed E-state index contributed by atoms with van der Waals surface area (Å²) < 4.78 is 0. The van der Waals surface area contributed by atoms with E-state index in [2.05, 4.69) is 146 Å². The summed E-state index contributed by atoms with van der Waals surface area (Å²) >= 11 is -0.346. The average Bonchev–Trinajstić information content (AvgIpc) is 2.93. The number of hydrogen-bond acceptors (Lipinski definition) is 0. The van der Waals surface area contributed by atoms with E-state index in [4.69, 9.17) is 19.4 Å². The van der Waals surface area contributed by atoms with Crippen LogP contribution < -0.4 is 21.2 Å². The molecule has 0 heterocycles. The quantitative estimate of drug-likeness (QED) is 0.118.